The number of amides is 1. The van der Waals surface area contributed by atoms with Gasteiger partial charge >= 0.3 is 0 Å². The minimum absolute atomic E-state index is 0.215. The van der Waals surface area contributed by atoms with Gasteiger partial charge in [0.15, 0.2) is 5.82 Å². The summed E-state index contributed by atoms with van der Waals surface area (Å²) in [5.41, 5.74) is 0. The highest BCUT2D eigenvalue weighted by Crippen LogP contribution is 2.22. The summed E-state index contributed by atoms with van der Waals surface area (Å²) in [5.74, 6) is 0.319. The minimum Gasteiger partial charge on any atom is -0.306 e. The lowest BCUT2D eigenvalue weighted by Crippen LogP contribution is -2.08. The minimum atomic E-state index is -0.215. The molecular formula is C11H10ClN3OS. The number of aromatic nitrogens is 2. The summed E-state index contributed by atoms with van der Waals surface area (Å²) >= 11 is 7.20. The lowest BCUT2D eigenvalue weighted by Gasteiger charge is -1.95. The van der Waals surface area contributed by atoms with E-state index in [0.717, 1.165) is 4.88 Å². The van der Waals surface area contributed by atoms with Crippen molar-refractivity contribution in [1.29, 1.82) is 0 Å². The van der Waals surface area contributed by atoms with Crippen LogP contribution in [0.15, 0.2) is 30.5 Å². The summed E-state index contributed by atoms with van der Waals surface area (Å²) in [6.07, 6.45) is 4.93. The number of nitrogens with zero attached hydrogens (tertiary/aromatic N) is 2. The number of anilines is 1. The second kappa shape index (κ2) is 5.16. The van der Waals surface area contributed by atoms with Crippen molar-refractivity contribution in [3.63, 3.8) is 0 Å². The zero-order chi connectivity index (χ0) is 12.3. The van der Waals surface area contributed by atoms with Crippen molar-refractivity contribution < 1.29 is 4.79 Å². The molecule has 0 atom stereocenters. The molecule has 4 nitrogen and oxygen atoms in total. The first-order chi connectivity index (χ1) is 8.13. The summed E-state index contributed by atoms with van der Waals surface area (Å²) in [6.45, 7) is 0. The van der Waals surface area contributed by atoms with Crippen LogP contribution >= 0.6 is 22.9 Å². The topological polar surface area (TPSA) is 46.9 Å². The standard InChI is InChI=1S/C11H10ClN3OS/c1-15-7-6-10(14-15)13-11(16)5-3-8-2-4-9(12)17-8/h2-7H,1H3,(H,13,14,16)/b5-3+. The van der Waals surface area contributed by atoms with Crippen LogP contribution in [0.25, 0.3) is 6.08 Å². The quantitative estimate of drug-likeness (QED) is 0.870. The first-order valence-corrected chi connectivity index (χ1v) is 6.07. The van der Waals surface area contributed by atoms with E-state index in [4.69, 9.17) is 11.6 Å². The second-order valence-electron chi connectivity index (χ2n) is 3.34. The van der Waals surface area contributed by atoms with Crippen molar-refractivity contribution in [3.05, 3.63) is 39.7 Å². The van der Waals surface area contributed by atoms with Gasteiger partial charge in [0, 0.05) is 30.3 Å². The molecule has 0 aliphatic rings. The zero-order valence-corrected chi connectivity index (χ0v) is 10.6. The molecule has 0 saturated carbocycles. The Bertz CT molecular complexity index is 559. The average Bonchev–Trinajstić information content (AvgIpc) is 2.85. The zero-order valence-electron chi connectivity index (χ0n) is 9.05. The molecule has 0 unspecified atom stereocenters. The summed E-state index contributed by atoms with van der Waals surface area (Å²) < 4.78 is 2.33. The largest absolute Gasteiger partial charge is 0.306 e. The molecule has 17 heavy (non-hydrogen) atoms. The Balaban J connectivity index is 1.95. The van der Waals surface area contributed by atoms with E-state index in [1.54, 1.807) is 36.1 Å². The molecule has 0 radical (unpaired) electrons. The maximum Gasteiger partial charge on any atom is 0.249 e. The Morgan fingerprint density at radius 1 is 1.53 bits per heavy atom. The number of nitrogens with one attached hydrogen (secondary N) is 1. The van der Waals surface area contributed by atoms with Crippen molar-refractivity contribution in [3.8, 4) is 0 Å². The third kappa shape index (κ3) is 3.44. The Labute approximate surface area is 108 Å². The molecule has 1 N–H and O–H groups in total. The van der Waals surface area contributed by atoms with Crippen LogP contribution in [-0.2, 0) is 11.8 Å². The molecule has 0 aliphatic heterocycles. The van der Waals surface area contributed by atoms with Crippen LogP contribution in [-0.4, -0.2) is 15.7 Å². The molecule has 0 aromatic carbocycles. The van der Waals surface area contributed by atoms with Crippen molar-refractivity contribution in [2.45, 2.75) is 0 Å². The summed E-state index contributed by atoms with van der Waals surface area (Å²) in [5, 5.41) is 6.70. The number of halogens is 1. The number of carbonyl (C=O) groups is 1. The molecule has 0 saturated heterocycles. The normalized spacial score (nSPS) is 10.9. The Morgan fingerprint density at radius 2 is 2.35 bits per heavy atom. The monoisotopic (exact) mass is 267 g/mol. The van der Waals surface area contributed by atoms with Crippen LogP contribution in [0.3, 0.4) is 0 Å². The van der Waals surface area contributed by atoms with E-state index in [1.807, 2.05) is 6.07 Å². The van der Waals surface area contributed by atoms with E-state index in [1.165, 1.54) is 17.4 Å². The molecule has 1 amide bonds. The highest BCUT2D eigenvalue weighted by atomic mass is 35.5. The van der Waals surface area contributed by atoms with Crippen molar-refractivity contribution in [2.24, 2.45) is 7.05 Å². The Hall–Kier alpha value is -1.59. The Morgan fingerprint density at radius 3 is 2.94 bits per heavy atom. The summed E-state index contributed by atoms with van der Waals surface area (Å²) in [6, 6.07) is 5.38. The number of hydrogen-bond acceptors (Lipinski definition) is 3. The first-order valence-electron chi connectivity index (χ1n) is 4.87. The van der Waals surface area contributed by atoms with Crippen molar-refractivity contribution in [2.75, 3.05) is 5.32 Å². The SMILES string of the molecule is Cn1ccc(NC(=O)/C=C/c2ccc(Cl)s2)n1. The Kier molecular flexibility index (Phi) is 3.61. The van der Waals surface area contributed by atoms with E-state index >= 15 is 0 Å². The fourth-order valence-electron chi connectivity index (χ4n) is 1.23. The molecule has 0 bridgehead atoms. The molecule has 0 spiro atoms. The fourth-order valence-corrected chi connectivity index (χ4v) is 2.19. The van der Waals surface area contributed by atoms with Gasteiger partial charge in [0.1, 0.15) is 0 Å². The van der Waals surface area contributed by atoms with E-state index in [9.17, 15) is 4.79 Å². The highest BCUT2D eigenvalue weighted by molar-refractivity contribution is 7.17. The van der Waals surface area contributed by atoms with E-state index in [2.05, 4.69) is 10.4 Å². The molecule has 2 aromatic heterocycles. The van der Waals surface area contributed by atoms with Crippen molar-refractivity contribution >= 4 is 40.7 Å². The fraction of sp³-hybridized carbons (Fsp3) is 0.0909. The third-order valence-electron chi connectivity index (χ3n) is 1.96. The van der Waals surface area contributed by atoms with Gasteiger partial charge in [0.05, 0.1) is 4.34 Å². The van der Waals surface area contributed by atoms with Crippen LogP contribution in [0, 0.1) is 0 Å². The molecule has 0 aliphatic carbocycles. The molecular weight excluding hydrogens is 258 g/mol. The number of aryl methyl sites for hydroxylation is 1. The van der Waals surface area contributed by atoms with E-state index in [0.29, 0.717) is 10.2 Å². The van der Waals surface area contributed by atoms with Gasteiger partial charge in [-0.1, -0.05) is 11.6 Å². The highest BCUT2D eigenvalue weighted by Gasteiger charge is 2.00. The third-order valence-corrected chi connectivity index (χ3v) is 3.15. The van der Waals surface area contributed by atoms with Crippen LogP contribution < -0.4 is 5.32 Å². The number of rotatable bonds is 3. The summed E-state index contributed by atoms with van der Waals surface area (Å²) in [7, 11) is 1.79. The van der Waals surface area contributed by atoms with Gasteiger partial charge in [-0.3, -0.25) is 9.48 Å². The smallest absolute Gasteiger partial charge is 0.249 e. The maximum absolute atomic E-state index is 11.5. The van der Waals surface area contributed by atoms with Gasteiger partial charge in [0.25, 0.3) is 0 Å². The molecule has 2 heterocycles. The first kappa shape index (κ1) is 11.9. The number of carbonyl (C=O) groups excluding carboxylic acids is 1. The number of thiophene rings is 1. The van der Waals surface area contributed by atoms with Gasteiger partial charge < -0.3 is 5.32 Å². The van der Waals surface area contributed by atoms with Gasteiger partial charge in [-0.2, -0.15) is 5.10 Å². The molecule has 0 fully saturated rings. The van der Waals surface area contributed by atoms with Gasteiger partial charge in [-0.15, -0.1) is 11.3 Å². The van der Waals surface area contributed by atoms with Gasteiger partial charge in [-0.25, -0.2) is 0 Å². The van der Waals surface area contributed by atoms with Crippen LogP contribution in [0.5, 0.6) is 0 Å². The molecule has 2 aromatic rings. The van der Waals surface area contributed by atoms with Gasteiger partial charge in [-0.05, 0) is 18.2 Å². The van der Waals surface area contributed by atoms with E-state index < -0.39 is 0 Å². The molecule has 2 rings (SSSR count). The lowest BCUT2D eigenvalue weighted by atomic mass is 10.4. The molecule has 88 valence electrons. The summed E-state index contributed by atoms with van der Waals surface area (Å²) in [4.78, 5) is 12.5. The molecule has 6 heteroatoms. The van der Waals surface area contributed by atoms with Crippen molar-refractivity contribution in [1.82, 2.24) is 9.78 Å². The maximum atomic E-state index is 11.5. The van der Waals surface area contributed by atoms with Crippen LogP contribution in [0.1, 0.15) is 4.88 Å². The lowest BCUT2D eigenvalue weighted by molar-refractivity contribution is -0.111. The number of hydrogen-bond donors (Lipinski definition) is 1. The predicted molar refractivity (Wildman–Crippen MR) is 70.2 cm³/mol. The predicted octanol–water partition coefficient (Wildman–Crippen LogP) is 2.79. The average molecular weight is 268 g/mol. The van der Waals surface area contributed by atoms with Gasteiger partial charge in [0.2, 0.25) is 5.91 Å². The van der Waals surface area contributed by atoms with E-state index in [-0.39, 0.29) is 5.91 Å². The van der Waals surface area contributed by atoms with Crippen LogP contribution in [0.2, 0.25) is 4.34 Å². The van der Waals surface area contributed by atoms with Crippen LogP contribution in [0.4, 0.5) is 5.82 Å². The second-order valence-corrected chi connectivity index (χ2v) is 5.09.